The molecular formula is C28H31NO3S. The number of benzene rings is 2. The third-order valence-electron chi connectivity index (χ3n) is 6.64. The molecule has 0 saturated heterocycles. The van der Waals surface area contributed by atoms with Gasteiger partial charge in [-0.05, 0) is 47.3 Å². The largest absolute Gasteiger partial charge is 0.465 e. The van der Waals surface area contributed by atoms with Crippen LogP contribution in [0.25, 0.3) is 0 Å². The van der Waals surface area contributed by atoms with Crippen LogP contribution in [0.4, 0.5) is 5.00 Å². The predicted octanol–water partition coefficient (Wildman–Crippen LogP) is 6.46. The number of amides is 1. The molecule has 0 aliphatic heterocycles. The van der Waals surface area contributed by atoms with Gasteiger partial charge in [-0.2, -0.15) is 0 Å². The molecule has 1 aliphatic rings. The second-order valence-corrected chi connectivity index (χ2v) is 10.9. The fraction of sp³-hybridized carbons (Fsp3) is 0.357. The fourth-order valence-corrected chi connectivity index (χ4v) is 6.02. The monoisotopic (exact) mass is 461 g/mol. The summed E-state index contributed by atoms with van der Waals surface area (Å²) in [4.78, 5) is 27.6. The van der Waals surface area contributed by atoms with Crippen molar-refractivity contribution in [1.82, 2.24) is 0 Å². The predicted molar refractivity (Wildman–Crippen MR) is 134 cm³/mol. The van der Waals surface area contributed by atoms with E-state index in [4.69, 9.17) is 4.74 Å². The number of esters is 1. The van der Waals surface area contributed by atoms with E-state index in [1.54, 1.807) is 0 Å². The van der Waals surface area contributed by atoms with E-state index < -0.39 is 5.92 Å². The summed E-state index contributed by atoms with van der Waals surface area (Å²) >= 11 is 1.53. The Bertz CT molecular complexity index is 1090. The lowest BCUT2D eigenvalue weighted by atomic mass is 9.72. The zero-order valence-electron chi connectivity index (χ0n) is 19.7. The van der Waals surface area contributed by atoms with Gasteiger partial charge in [0.05, 0.1) is 18.6 Å². The molecule has 0 fully saturated rings. The lowest BCUT2D eigenvalue weighted by Gasteiger charge is -2.33. The number of ether oxygens (including phenoxy) is 1. The number of hydrogen-bond donors (Lipinski definition) is 1. The van der Waals surface area contributed by atoms with Crippen molar-refractivity contribution in [3.05, 3.63) is 87.8 Å². The summed E-state index contributed by atoms with van der Waals surface area (Å²) in [7, 11) is 1.40. The molecular weight excluding hydrogens is 430 g/mol. The number of carbonyl (C=O) groups excluding carboxylic acids is 2. The van der Waals surface area contributed by atoms with Crippen LogP contribution < -0.4 is 5.32 Å². The first-order chi connectivity index (χ1) is 15.8. The summed E-state index contributed by atoms with van der Waals surface area (Å²) in [6.07, 6.45) is 2.78. The maximum absolute atomic E-state index is 13.7. The average molecular weight is 462 g/mol. The second kappa shape index (κ2) is 9.52. The van der Waals surface area contributed by atoms with Crippen LogP contribution in [-0.2, 0) is 22.4 Å². The number of nitrogens with one attached hydrogen (secondary N) is 1. The minimum absolute atomic E-state index is 0.150. The van der Waals surface area contributed by atoms with Crippen molar-refractivity contribution in [2.75, 3.05) is 12.4 Å². The zero-order chi connectivity index (χ0) is 23.6. The molecule has 1 heterocycles. The molecule has 0 saturated carbocycles. The third kappa shape index (κ3) is 4.88. The van der Waals surface area contributed by atoms with Crippen molar-refractivity contribution in [3.8, 4) is 0 Å². The number of rotatable bonds is 5. The van der Waals surface area contributed by atoms with E-state index in [-0.39, 0.29) is 17.3 Å². The van der Waals surface area contributed by atoms with Crippen LogP contribution in [0.2, 0.25) is 0 Å². The highest BCUT2D eigenvalue weighted by molar-refractivity contribution is 7.17. The molecule has 33 heavy (non-hydrogen) atoms. The second-order valence-electron chi connectivity index (χ2n) is 9.75. The van der Waals surface area contributed by atoms with Gasteiger partial charge in [-0.1, -0.05) is 81.4 Å². The van der Waals surface area contributed by atoms with E-state index in [0.29, 0.717) is 16.5 Å². The van der Waals surface area contributed by atoms with Crippen LogP contribution in [0.3, 0.4) is 0 Å². The Balaban J connectivity index is 1.71. The molecule has 2 aromatic carbocycles. The number of anilines is 1. The molecule has 3 aromatic rings. The highest BCUT2D eigenvalue weighted by Gasteiger charge is 2.35. The van der Waals surface area contributed by atoms with Gasteiger partial charge in [-0.3, -0.25) is 4.79 Å². The number of methoxy groups -OCH3 is 1. The van der Waals surface area contributed by atoms with E-state index in [1.165, 1.54) is 23.3 Å². The van der Waals surface area contributed by atoms with Gasteiger partial charge in [0.1, 0.15) is 5.00 Å². The van der Waals surface area contributed by atoms with E-state index in [0.717, 1.165) is 36.0 Å². The van der Waals surface area contributed by atoms with Crippen LogP contribution in [-0.4, -0.2) is 19.0 Å². The number of hydrogen-bond acceptors (Lipinski definition) is 4. The first-order valence-electron chi connectivity index (χ1n) is 11.4. The highest BCUT2D eigenvalue weighted by atomic mass is 32.1. The van der Waals surface area contributed by atoms with Gasteiger partial charge < -0.3 is 10.1 Å². The summed E-state index contributed by atoms with van der Waals surface area (Å²) in [5, 5.41) is 3.71. The maximum Gasteiger partial charge on any atom is 0.341 e. The molecule has 1 aliphatic carbocycles. The first kappa shape index (κ1) is 23.2. The van der Waals surface area contributed by atoms with Gasteiger partial charge in [0, 0.05) is 4.88 Å². The molecule has 0 unspecified atom stereocenters. The van der Waals surface area contributed by atoms with Gasteiger partial charge in [0.15, 0.2) is 0 Å². The van der Waals surface area contributed by atoms with Crippen molar-refractivity contribution in [3.63, 3.8) is 0 Å². The van der Waals surface area contributed by atoms with E-state index in [2.05, 4.69) is 26.1 Å². The van der Waals surface area contributed by atoms with E-state index in [1.807, 2.05) is 60.7 Å². The van der Waals surface area contributed by atoms with E-state index in [9.17, 15) is 9.59 Å². The molecule has 0 radical (unpaired) electrons. The number of carbonyl (C=O) groups is 2. The van der Waals surface area contributed by atoms with Crippen LogP contribution in [0.1, 0.15) is 65.0 Å². The van der Waals surface area contributed by atoms with Crippen molar-refractivity contribution in [2.24, 2.45) is 11.3 Å². The fourth-order valence-electron chi connectivity index (χ4n) is 4.70. The smallest absolute Gasteiger partial charge is 0.341 e. The minimum Gasteiger partial charge on any atom is -0.465 e. The summed E-state index contributed by atoms with van der Waals surface area (Å²) in [6, 6.07) is 19.5. The third-order valence-corrected chi connectivity index (χ3v) is 7.81. The molecule has 0 spiro atoms. The summed E-state index contributed by atoms with van der Waals surface area (Å²) in [5.74, 6) is -0.463. The molecule has 4 rings (SSSR count). The molecule has 1 N–H and O–H groups in total. The van der Waals surface area contributed by atoms with Crippen molar-refractivity contribution < 1.29 is 14.3 Å². The van der Waals surface area contributed by atoms with Crippen molar-refractivity contribution in [1.29, 1.82) is 0 Å². The molecule has 1 aromatic heterocycles. The Morgan fingerprint density at radius 1 is 1.00 bits per heavy atom. The van der Waals surface area contributed by atoms with E-state index >= 15 is 0 Å². The average Bonchev–Trinajstić information content (AvgIpc) is 3.16. The molecule has 5 heteroatoms. The zero-order valence-corrected chi connectivity index (χ0v) is 20.5. The SMILES string of the molecule is COC(=O)c1c(NC(=O)C(c2ccccc2)c2ccccc2)sc2c1CC[C@H](C(C)(C)C)C2. The number of fused-ring (bicyclic) bond motifs is 1. The maximum atomic E-state index is 13.7. The molecule has 172 valence electrons. The Morgan fingerprint density at radius 2 is 1.58 bits per heavy atom. The molecule has 1 amide bonds. The van der Waals surface area contributed by atoms with Crippen molar-refractivity contribution >= 4 is 28.2 Å². The Labute approximate surface area is 200 Å². The van der Waals surface area contributed by atoms with Crippen LogP contribution in [0.15, 0.2) is 60.7 Å². The summed E-state index contributed by atoms with van der Waals surface area (Å²) in [5.41, 5.74) is 3.59. The lowest BCUT2D eigenvalue weighted by molar-refractivity contribution is -0.116. The minimum atomic E-state index is -0.473. The van der Waals surface area contributed by atoms with Gasteiger partial charge in [0.2, 0.25) is 5.91 Å². The topological polar surface area (TPSA) is 55.4 Å². The van der Waals surface area contributed by atoms with Gasteiger partial charge in [-0.25, -0.2) is 4.79 Å². The molecule has 1 atom stereocenters. The van der Waals surface area contributed by atoms with Crippen LogP contribution in [0.5, 0.6) is 0 Å². The van der Waals surface area contributed by atoms with Gasteiger partial charge in [-0.15, -0.1) is 11.3 Å². The molecule has 0 bridgehead atoms. The number of thiophene rings is 1. The highest BCUT2D eigenvalue weighted by Crippen LogP contribution is 2.44. The Morgan fingerprint density at radius 3 is 2.09 bits per heavy atom. The first-order valence-corrected chi connectivity index (χ1v) is 12.2. The van der Waals surface area contributed by atoms with Gasteiger partial charge >= 0.3 is 5.97 Å². The van der Waals surface area contributed by atoms with Crippen LogP contribution in [0, 0.1) is 11.3 Å². The summed E-state index contributed by atoms with van der Waals surface area (Å²) in [6.45, 7) is 6.81. The summed E-state index contributed by atoms with van der Waals surface area (Å²) < 4.78 is 5.12. The standard InChI is InChI=1S/C28H31NO3S/c1-28(2,3)20-15-16-21-22(17-20)33-26(24(21)27(31)32-4)29-25(30)23(18-11-7-5-8-12-18)19-13-9-6-10-14-19/h5-14,20,23H,15-17H2,1-4H3,(H,29,30)/t20-/m0/s1. The lowest BCUT2D eigenvalue weighted by Crippen LogP contribution is -2.26. The van der Waals surface area contributed by atoms with Crippen molar-refractivity contribution in [2.45, 2.75) is 46.0 Å². The van der Waals surface area contributed by atoms with Crippen LogP contribution >= 0.6 is 11.3 Å². The Kier molecular flexibility index (Phi) is 6.71. The van der Waals surface area contributed by atoms with Gasteiger partial charge in [0.25, 0.3) is 0 Å². The molecule has 4 nitrogen and oxygen atoms in total. The quantitative estimate of drug-likeness (QED) is 0.444. The normalized spacial score (nSPS) is 15.7. The Hall–Kier alpha value is -2.92.